The molecule has 0 radical (unpaired) electrons. The number of benzene rings is 1. The van der Waals surface area contributed by atoms with E-state index in [0.29, 0.717) is 19.5 Å². The van der Waals surface area contributed by atoms with E-state index in [4.69, 9.17) is 9.84 Å². The third-order valence-corrected chi connectivity index (χ3v) is 3.40. The van der Waals surface area contributed by atoms with Crippen LogP contribution in [0.5, 0.6) is 0 Å². The second-order valence-corrected chi connectivity index (χ2v) is 5.02. The van der Waals surface area contributed by atoms with Crippen LogP contribution >= 0.6 is 0 Å². The topological polar surface area (TPSA) is 80.6 Å². The Morgan fingerprint density at radius 2 is 2.09 bits per heavy atom. The highest BCUT2D eigenvalue weighted by Gasteiger charge is 2.10. The van der Waals surface area contributed by atoms with Crippen LogP contribution in [0.2, 0.25) is 0 Å². The number of amides is 1. The fourth-order valence-corrected chi connectivity index (χ4v) is 2.14. The van der Waals surface area contributed by atoms with Gasteiger partial charge < -0.3 is 19.7 Å². The van der Waals surface area contributed by atoms with Crippen molar-refractivity contribution in [3.63, 3.8) is 0 Å². The molecule has 2 rings (SSSR count). The Morgan fingerprint density at radius 1 is 1.32 bits per heavy atom. The lowest BCUT2D eigenvalue weighted by molar-refractivity contribution is -0.148. The predicted molar refractivity (Wildman–Crippen MR) is 82.6 cm³/mol. The lowest BCUT2D eigenvalue weighted by atomic mass is 10.2. The molecule has 0 aliphatic rings. The smallest absolute Gasteiger partial charge is 0.332 e. The fraction of sp³-hybridized carbons (Fsp3) is 0.375. The first-order valence-corrected chi connectivity index (χ1v) is 7.23. The summed E-state index contributed by atoms with van der Waals surface area (Å²) in [6.07, 6.45) is 1.48. The summed E-state index contributed by atoms with van der Waals surface area (Å²) in [6, 6.07) is 10.0. The summed E-state index contributed by atoms with van der Waals surface area (Å²) in [4.78, 5) is 22.3. The van der Waals surface area contributed by atoms with Crippen molar-refractivity contribution in [1.82, 2.24) is 9.88 Å². The largest absolute Gasteiger partial charge is 0.479 e. The van der Waals surface area contributed by atoms with Gasteiger partial charge in [-0.25, -0.2) is 4.79 Å². The van der Waals surface area contributed by atoms with Gasteiger partial charge in [-0.15, -0.1) is 0 Å². The molecule has 0 spiro atoms. The lowest BCUT2D eigenvalue weighted by Crippen LogP contribution is -2.30. The minimum atomic E-state index is -1.01. The van der Waals surface area contributed by atoms with Gasteiger partial charge in [-0.1, -0.05) is 18.2 Å². The Labute approximate surface area is 128 Å². The van der Waals surface area contributed by atoms with Gasteiger partial charge >= 0.3 is 5.97 Å². The van der Waals surface area contributed by atoms with Crippen LogP contribution in [0.25, 0.3) is 10.9 Å². The van der Waals surface area contributed by atoms with Gasteiger partial charge in [0.25, 0.3) is 0 Å². The standard InChI is InChI=1S/C16H20N2O4/c1-12(16(20)21)22-11-8-17-15(19)7-10-18-9-6-13-4-2-3-5-14(13)18/h2-6,9,12H,7-8,10-11H2,1H3,(H,17,19)(H,20,21). The SMILES string of the molecule is CC(OCCNC(=O)CCn1ccc2ccccc21)C(=O)O. The van der Waals surface area contributed by atoms with E-state index in [0.717, 1.165) is 10.9 Å². The third kappa shape index (κ3) is 4.33. The number of nitrogens with zero attached hydrogens (tertiary/aromatic N) is 1. The van der Waals surface area contributed by atoms with Crippen LogP contribution in [0.3, 0.4) is 0 Å². The van der Waals surface area contributed by atoms with Crippen molar-refractivity contribution in [3.05, 3.63) is 36.5 Å². The first-order chi connectivity index (χ1) is 10.6. The van der Waals surface area contributed by atoms with Crippen molar-refractivity contribution >= 4 is 22.8 Å². The number of fused-ring (bicyclic) bond motifs is 1. The summed E-state index contributed by atoms with van der Waals surface area (Å²) in [5.74, 6) is -1.09. The first-order valence-electron chi connectivity index (χ1n) is 7.23. The average Bonchev–Trinajstić information content (AvgIpc) is 2.92. The molecular weight excluding hydrogens is 284 g/mol. The number of hydrogen-bond acceptors (Lipinski definition) is 3. The maximum absolute atomic E-state index is 11.8. The number of aliphatic carboxylic acids is 1. The van der Waals surface area contributed by atoms with Gasteiger partial charge in [0.2, 0.25) is 5.91 Å². The van der Waals surface area contributed by atoms with Gasteiger partial charge in [0.05, 0.1) is 6.61 Å². The Kier molecular flexibility index (Phi) is 5.55. The quantitative estimate of drug-likeness (QED) is 0.727. The highest BCUT2D eigenvalue weighted by molar-refractivity contribution is 5.80. The molecule has 0 fully saturated rings. The Hall–Kier alpha value is -2.34. The molecule has 22 heavy (non-hydrogen) atoms. The van der Waals surface area contributed by atoms with Gasteiger partial charge in [0.1, 0.15) is 0 Å². The van der Waals surface area contributed by atoms with Crippen molar-refractivity contribution in [2.45, 2.75) is 26.0 Å². The van der Waals surface area contributed by atoms with Gasteiger partial charge in [0, 0.05) is 31.2 Å². The summed E-state index contributed by atoms with van der Waals surface area (Å²) >= 11 is 0. The fourth-order valence-electron chi connectivity index (χ4n) is 2.14. The Morgan fingerprint density at radius 3 is 2.86 bits per heavy atom. The van der Waals surface area contributed by atoms with Gasteiger partial charge in [-0.05, 0) is 24.4 Å². The number of hydrogen-bond donors (Lipinski definition) is 2. The molecule has 1 unspecified atom stereocenters. The third-order valence-electron chi connectivity index (χ3n) is 3.40. The summed E-state index contributed by atoms with van der Waals surface area (Å²) in [5.41, 5.74) is 1.11. The van der Waals surface area contributed by atoms with E-state index in [1.54, 1.807) is 0 Å². The molecule has 6 nitrogen and oxygen atoms in total. The van der Waals surface area contributed by atoms with Crippen molar-refractivity contribution in [2.24, 2.45) is 0 Å². The number of carboxylic acids is 1. The van der Waals surface area contributed by atoms with Crippen molar-refractivity contribution in [3.8, 4) is 0 Å². The molecular formula is C16H20N2O4. The Balaban J connectivity index is 1.71. The highest BCUT2D eigenvalue weighted by Crippen LogP contribution is 2.15. The second kappa shape index (κ2) is 7.61. The van der Waals surface area contributed by atoms with Crippen LogP contribution in [0.15, 0.2) is 36.5 Å². The molecule has 1 amide bonds. The van der Waals surface area contributed by atoms with E-state index in [2.05, 4.69) is 5.32 Å². The Bertz CT molecular complexity index is 650. The van der Waals surface area contributed by atoms with Crippen LogP contribution < -0.4 is 5.32 Å². The summed E-state index contributed by atoms with van der Waals surface area (Å²) in [6.45, 7) is 2.56. The zero-order valence-corrected chi connectivity index (χ0v) is 12.5. The summed E-state index contributed by atoms with van der Waals surface area (Å²) in [5, 5.41) is 12.5. The van der Waals surface area contributed by atoms with E-state index in [-0.39, 0.29) is 12.5 Å². The molecule has 1 heterocycles. The van der Waals surface area contributed by atoms with E-state index < -0.39 is 12.1 Å². The van der Waals surface area contributed by atoms with Crippen LogP contribution in [0.4, 0.5) is 0 Å². The number of aryl methyl sites for hydroxylation is 1. The second-order valence-electron chi connectivity index (χ2n) is 5.02. The molecule has 2 aromatic rings. The normalized spacial score (nSPS) is 12.2. The zero-order valence-electron chi connectivity index (χ0n) is 12.5. The van der Waals surface area contributed by atoms with E-state index in [1.807, 2.05) is 41.1 Å². The first kappa shape index (κ1) is 16.0. The molecule has 1 aromatic heterocycles. The maximum Gasteiger partial charge on any atom is 0.332 e. The van der Waals surface area contributed by atoms with Crippen molar-refractivity contribution < 1.29 is 19.4 Å². The zero-order chi connectivity index (χ0) is 15.9. The highest BCUT2D eigenvalue weighted by atomic mass is 16.5. The predicted octanol–water partition coefficient (Wildman–Crippen LogP) is 1.64. The number of para-hydroxylation sites is 1. The van der Waals surface area contributed by atoms with E-state index >= 15 is 0 Å². The maximum atomic E-state index is 11.8. The number of carbonyl (C=O) groups excluding carboxylic acids is 1. The lowest BCUT2D eigenvalue weighted by Gasteiger charge is -2.10. The monoisotopic (exact) mass is 304 g/mol. The molecule has 2 N–H and O–H groups in total. The molecule has 6 heteroatoms. The van der Waals surface area contributed by atoms with Crippen molar-refractivity contribution in [2.75, 3.05) is 13.2 Å². The number of nitrogens with one attached hydrogen (secondary N) is 1. The number of aromatic nitrogens is 1. The van der Waals surface area contributed by atoms with Gasteiger partial charge in [0.15, 0.2) is 6.10 Å². The number of ether oxygens (including phenoxy) is 1. The minimum Gasteiger partial charge on any atom is -0.479 e. The molecule has 1 atom stereocenters. The van der Waals surface area contributed by atoms with Crippen molar-refractivity contribution in [1.29, 1.82) is 0 Å². The molecule has 1 aromatic carbocycles. The minimum absolute atomic E-state index is 0.0793. The van der Waals surface area contributed by atoms with Gasteiger partial charge in [-0.3, -0.25) is 4.79 Å². The molecule has 0 aliphatic carbocycles. The van der Waals surface area contributed by atoms with E-state index in [9.17, 15) is 9.59 Å². The van der Waals surface area contributed by atoms with Gasteiger partial charge in [-0.2, -0.15) is 0 Å². The number of carboxylic acid groups (broad SMARTS) is 1. The van der Waals surface area contributed by atoms with Crippen LogP contribution in [0, 0.1) is 0 Å². The number of carbonyl (C=O) groups is 2. The average molecular weight is 304 g/mol. The summed E-state index contributed by atoms with van der Waals surface area (Å²) in [7, 11) is 0. The van der Waals surface area contributed by atoms with Crippen LogP contribution in [-0.2, 0) is 20.9 Å². The molecule has 0 bridgehead atoms. The number of rotatable bonds is 8. The van der Waals surface area contributed by atoms with Crippen LogP contribution in [0.1, 0.15) is 13.3 Å². The molecule has 0 saturated heterocycles. The summed E-state index contributed by atoms with van der Waals surface area (Å²) < 4.78 is 7.08. The van der Waals surface area contributed by atoms with Crippen LogP contribution in [-0.4, -0.2) is 40.8 Å². The molecule has 0 aliphatic heterocycles. The van der Waals surface area contributed by atoms with E-state index in [1.165, 1.54) is 6.92 Å². The molecule has 0 saturated carbocycles. The molecule has 118 valence electrons.